The number of benzene rings is 1. The van der Waals surface area contributed by atoms with E-state index in [9.17, 15) is 14.7 Å². The number of thiocarbonyl (C=S) groups is 1. The molecule has 0 aliphatic carbocycles. The molecule has 0 unspecified atom stereocenters. The summed E-state index contributed by atoms with van der Waals surface area (Å²) in [6.45, 7) is 4.66. The third-order valence-corrected chi connectivity index (χ3v) is 6.09. The van der Waals surface area contributed by atoms with Crippen LogP contribution in [0.15, 0.2) is 41.3 Å². The fraction of sp³-hybridized carbons (Fsp3) is 0.227. The van der Waals surface area contributed by atoms with Gasteiger partial charge in [-0.15, -0.1) is 0 Å². The molecule has 1 aliphatic rings. The van der Waals surface area contributed by atoms with E-state index in [-0.39, 0.29) is 32.7 Å². The lowest BCUT2D eigenvalue weighted by atomic mass is 10.0. The standard InChI is InChI=1S/C22H17ClFN5O3S/c1-11(30)17-8-18(31)27-10-14(7-16(24)19(27)26-17)29-21(33)28(20(32)22(29,2)3)13-5-4-12(9-25)15(23)6-13/h4-8,10-11,30H,1-3H3/t11-/m0/s1. The van der Waals surface area contributed by atoms with Gasteiger partial charge in [0.1, 0.15) is 11.6 Å². The van der Waals surface area contributed by atoms with E-state index in [1.807, 2.05) is 6.07 Å². The van der Waals surface area contributed by atoms with Gasteiger partial charge in [0.25, 0.3) is 11.5 Å². The SMILES string of the molecule is C[C@H](O)c1cc(=O)n2cc(N3C(=S)N(c4ccc(C#N)c(Cl)c4)C(=O)C3(C)C)cc(F)c2n1. The molecule has 0 saturated carbocycles. The first-order valence-corrected chi connectivity index (χ1v) is 10.6. The van der Waals surface area contributed by atoms with Crippen molar-refractivity contribution in [1.29, 1.82) is 5.26 Å². The Morgan fingerprint density at radius 2 is 1.94 bits per heavy atom. The lowest BCUT2D eigenvalue weighted by Gasteiger charge is -2.29. The summed E-state index contributed by atoms with van der Waals surface area (Å²) in [6.07, 6.45) is 0.299. The Hall–Kier alpha value is -3.39. The Morgan fingerprint density at radius 1 is 1.24 bits per heavy atom. The van der Waals surface area contributed by atoms with Crippen molar-refractivity contribution in [2.24, 2.45) is 0 Å². The lowest BCUT2D eigenvalue weighted by molar-refractivity contribution is -0.120. The maximum Gasteiger partial charge on any atom is 0.259 e. The number of aliphatic hydroxyl groups is 1. The first-order chi connectivity index (χ1) is 15.5. The highest BCUT2D eigenvalue weighted by Crippen LogP contribution is 2.37. The molecule has 8 nitrogen and oxygen atoms in total. The summed E-state index contributed by atoms with van der Waals surface area (Å²) in [5.41, 5.74) is -1.27. The molecule has 1 aromatic carbocycles. The zero-order valence-corrected chi connectivity index (χ0v) is 19.3. The van der Waals surface area contributed by atoms with Gasteiger partial charge in [0.15, 0.2) is 16.6 Å². The van der Waals surface area contributed by atoms with Crippen molar-refractivity contribution in [2.45, 2.75) is 32.4 Å². The first-order valence-electron chi connectivity index (χ1n) is 9.76. The molecule has 1 atom stereocenters. The minimum absolute atomic E-state index is 0.0442. The van der Waals surface area contributed by atoms with Gasteiger partial charge in [-0.3, -0.25) is 18.9 Å². The Balaban J connectivity index is 1.86. The highest BCUT2D eigenvalue weighted by atomic mass is 35.5. The summed E-state index contributed by atoms with van der Waals surface area (Å²) < 4.78 is 16.0. The maximum absolute atomic E-state index is 15.0. The molecule has 11 heteroatoms. The zero-order valence-electron chi connectivity index (χ0n) is 17.7. The van der Waals surface area contributed by atoms with Gasteiger partial charge in [0.05, 0.1) is 33.8 Å². The first kappa shape index (κ1) is 22.8. The minimum atomic E-state index is -1.23. The average molecular weight is 486 g/mol. The second-order valence-corrected chi connectivity index (χ2v) is 8.80. The quantitative estimate of drug-likeness (QED) is 0.568. The van der Waals surface area contributed by atoms with Crippen LogP contribution in [-0.4, -0.2) is 31.0 Å². The molecular formula is C22H17ClFN5O3S. The number of nitrogens with zero attached hydrogens (tertiary/aromatic N) is 5. The Morgan fingerprint density at radius 3 is 2.55 bits per heavy atom. The van der Waals surface area contributed by atoms with Gasteiger partial charge >= 0.3 is 0 Å². The molecule has 0 spiro atoms. The van der Waals surface area contributed by atoms with Gasteiger partial charge < -0.3 is 10.0 Å². The molecule has 2 aromatic heterocycles. The third kappa shape index (κ3) is 3.54. The highest BCUT2D eigenvalue weighted by molar-refractivity contribution is 7.81. The van der Waals surface area contributed by atoms with Crippen LogP contribution in [-0.2, 0) is 4.79 Å². The Labute approximate surface area is 198 Å². The van der Waals surface area contributed by atoms with Crippen molar-refractivity contribution in [3.8, 4) is 6.07 Å². The van der Waals surface area contributed by atoms with Crippen LogP contribution >= 0.6 is 23.8 Å². The lowest BCUT2D eigenvalue weighted by Crippen LogP contribution is -2.44. The number of aromatic nitrogens is 2. The number of halogens is 2. The molecule has 1 amide bonds. The molecule has 0 bridgehead atoms. The summed E-state index contributed by atoms with van der Waals surface area (Å²) in [6, 6.07) is 8.67. The van der Waals surface area contributed by atoms with Gasteiger partial charge in [0.2, 0.25) is 0 Å². The van der Waals surface area contributed by atoms with E-state index in [1.165, 1.54) is 35.1 Å². The van der Waals surface area contributed by atoms with Crippen molar-refractivity contribution in [3.05, 3.63) is 69.0 Å². The van der Waals surface area contributed by atoms with Crippen LogP contribution in [0.3, 0.4) is 0 Å². The van der Waals surface area contributed by atoms with Crippen molar-refractivity contribution >= 4 is 51.9 Å². The fourth-order valence-corrected chi connectivity index (χ4v) is 4.43. The predicted octanol–water partition coefficient (Wildman–Crippen LogP) is 3.33. The Bertz CT molecular complexity index is 1450. The number of carbonyl (C=O) groups is 1. The zero-order chi connectivity index (χ0) is 24.2. The van der Waals surface area contributed by atoms with Crippen LogP contribution in [0.25, 0.3) is 5.65 Å². The van der Waals surface area contributed by atoms with Crippen LogP contribution in [0.5, 0.6) is 0 Å². The van der Waals surface area contributed by atoms with Gasteiger partial charge in [0, 0.05) is 18.3 Å². The number of hydrogen-bond acceptors (Lipinski definition) is 6. The molecule has 1 saturated heterocycles. The molecule has 33 heavy (non-hydrogen) atoms. The summed E-state index contributed by atoms with van der Waals surface area (Å²) in [5.74, 6) is -1.22. The number of carbonyl (C=O) groups excluding carboxylic acids is 1. The third-order valence-electron chi connectivity index (χ3n) is 5.41. The maximum atomic E-state index is 15.0. The van der Waals surface area contributed by atoms with E-state index in [0.29, 0.717) is 5.69 Å². The van der Waals surface area contributed by atoms with Gasteiger partial charge in [-0.2, -0.15) is 5.26 Å². The van der Waals surface area contributed by atoms with Crippen LogP contribution in [0.2, 0.25) is 5.02 Å². The molecular weight excluding hydrogens is 469 g/mol. The summed E-state index contributed by atoms with van der Waals surface area (Å²) in [7, 11) is 0. The molecule has 3 heterocycles. The average Bonchev–Trinajstić information content (AvgIpc) is 2.92. The monoisotopic (exact) mass is 485 g/mol. The number of nitriles is 1. The van der Waals surface area contributed by atoms with E-state index < -0.39 is 28.9 Å². The number of pyridine rings is 1. The van der Waals surface area contributed by atoms with Crippen molar-refractivity contribution in [3.63, 3.8) is 0 Å². The normalized spacial score (nSPS) is 16.4. The van der Waals surface area contributed by atoms with Gasteiger partial charge in [-0.25, -0.2) is 9.37 Å². The molecule has 1 N–H and O–H groups in total. The van der Waals surface area contributed by atoms with Crippen LogP contribution in [0, 0.1) is 17.1 Å². The topological polar surface area (TPSA) is 102 Å². The van der Waals surface area contributed by atoms with Crippen LogP contribution in [0.4, 0.5) is 15.8 Å². The molecule has 3 aromatic rings. The number of aliphatic hydroxyl groups excluding tert-OH is 1. The van der Waals surface area contributed by atoms with Crippen molar-refractivity contribution in [1.82, 2.24) is 9.38 Å². The summed E-state index contributed by atoms with van der Waals surface area (Å²) in [5, 5.41) is 19.0. The molecule has 1 aliphatic heterocycles. The predicted molar refractivity (Wildman–Crippen MR) is 125 cm³/mol. The Kier molecular flexibility index (Phi) is 5.44. The van der Waals surface area contributed by atoms with E-state index >= 15 is 4.39 Å². The second kappa shape index (κ2) is 7.88. The number of fused-ring (bicyclic) bond motifs is 1. The van der Waals surface area contributed by atoms with Crippen molar-refractivity contribution in [2.75, 3.05) is 9.80 Å². The van der Waals surface area contributed by atoms with Crippen LogP contribution < -0.4 is 15.4 Å². The molecule has 0 radical (unpaired) electrons. The van der Waals surface area contributed by atoms with E-state index in [0.717, 1.165) is 16.5 Å². The smallest absolute Gasteiger partial charge is 0.259 e. The summed E-state index contributed by atoms with van der Waals surface area (Å²) >= 11 is 11.7. The van der Waals surface area contributed by atoms with Gasteiger partial charge in [-0.1, -0.05) is 11.6 Å². The largest absolute Gasteiger partial charge is 0.387 e. The molecule has 168 valence electrons. The number of hydrogen-bond donors (Lipinski definition) is 1. The van der Waals surface area contributed by atoms with E-state index in [2.05, 4.69) is 4.98 Å². The second-order valence-electron chi connectivity index (χ2n) is 8.03. The van der Waals surface area contributed by atoms with Crippen molar-refractivity contribution < 1.29 is 14.3 Å². The van der Waals surface area contributed by atoms with Crippen LogP contribution in [0.1, 0.15) is 38.1 Å². The number of amides is 1. The minimum Gasteiger partial charge on any atom is -0.387 e. The number of rotatable bonds is 3. The highest BCUT2D eigenvalue weighted by Gasteiger charge is 2.50. The molecule has 1 fully saturated rings. The summed E-state index contributed by atoms with van der Waals surface area (Å²) in [4.78, 5) is 32.6. The van der Waals surface area contributed by atoms with Gasteiger partial charge in [-0.05, 0) is 51.2 Å². The van der Waals surface area contributed by atoms with E-state index in [4.69, 9.17) is 29.1 Å². The molecule has 4 rings (SSSR count). The fourth-order valence-electron chi connectivity index (χ4n) is 3.69. The number of anilines is 2. The van der Waals surface area contributed by atoms with E-state index in [1.54, 1.807) is 19.9 Å².